The summed E-state index contributed by atoms with van der Waals surface area (Å²) in [6.07, 6.45) is 8.10. The molecular weight excluding hydrogens is 390 g/mol. The van der Waals surface area contributed by atoms with Gasteiger partial charge in [0.05, 0.1) is 6.04 Å². The Labute approximate surface area is 190 Å². The highest BCUT2D eigenvalue weighted by atomic mass is 16.4. The van der Waals surface area contributed by atoms with Crippen LogP contribution < -0.4 is 16.0 Å². The minimum absolute atomic E-state index is 0.186. The Bertz CT molecular complexity index is 632. The molecule has 3 N–H and O–H groups in total. The molecule has 0 radical (unpaired) electrons. The topological polar surface area (TPSA) is 84.7 Å². The van der Waals surface area contributed by atoms with Gasteiger partial charge >= 0.3 is 0 Å². The second-order valence-corrected chi connectivity index (χ2v) is 7.26. The number of hydrogen-bond acceptors (Lipinski definition) is 6. The van der Waals surface area contributed by atoms with Gasteiger partial charge in [-0.1, -0.05) is 40.5 Å². The van der Waals surface area contributed by atoms with Crippen molar-refractivity contribution in [3.8, 4) is 0 Å². The van der Waals surface area contributed by atoms with E-state index < -0.39 is 0 Å². The maximum atomic E-state index is 11.1. The maximum Gasteiger partial charge on any atom is 0.150 e. The molecule has 1 aliphatic rings. The first-order valence-electron chi connectivity index (χ1n) is 11.2. The number of allylic oxidation sites excluding steroid dienone is 1. The number of unbranched alkanes of at least 4 members (excludes halogenated alkanes) is 2. The number of aldehydes is 2. The third-order valence-corrected chi connectivity index (χ3v) is 4.58. The second kappa shape index (κ2) is 19.6. The predicted molar refractivity (Wildman–Crippen MR) is 133 cm³/mol. The van der Waals surface area contributed by atoms with Gasteiger partial charge in [0.25, 0.3) is 0 Å². The van der Waals surface area contributed by atoms with Gasteiger partial charge in [-0.3, -0.25) is 4.79 Å². The zero-order valence-electron chi connectivity index (χ0n) is 20.9. The molecule has 0 amide bonds. The van der Waals surface area contributed by atoms with Crippen molar-refractivity contribution >= 4 is 18.3 Å². The van der Waals surface area contributed by atoms with Crippen LogP contribution in [0, 0.1) is 5.92 Å². The van der Waals surface area contributed by atoms with Crippen molar-refractivity contribution in [3.63, 3.8) is 0 Å². The summed E-state index contributed by atoms with van der Waals surface area (Å²) in [7, 11) is 5.35. The van der Waals surface area contributed by atoms with E-state index in [1.807, 2.05) is 38.2 Å². The Kier molecular flexibility index (Phi) is 19.5. The Balaban J connectivity index is 0. The van der Waals surface area contributed by atoms with E-state index in [-0.39, 0.29) is 6.04 Å². The van der Waals surface area contributed by atoms with E-state index in [4.69, 9.17) is 10.5 Å². The summed E-state index contributed by atoms with van der Waals surface area (Å²) >= 11 is 0. The summed E-state index contributed by atoms with van der Waals surface area (Å²) in [5, 5.41) is 3.50. The standard InChI is InChI=1S/C19H29N3O.C2H6O.C2H4O.C2H6/c1-4-5-6-7-16(20)11-21-19-14(2)12-22(3)18-9-8-15(13-23)10-17(18)19;1-3-2;1-2-3;1-2/h8-11,13-14,19,21H,4-7,12,20H2,1-3H3;1-2H3;2H,1H3;1-2H3/b16-11-;;;/t14-,19?;;;/m1.../s1. The normalized spacial score (nSPS) is 16.8. The van der Waals surface area contributed by atoms with Crippen molar-refractivity contribution in [2.24, 2.45) is 11.7 Å². The zero-order valence-corrected chi connectivity index (χ0v) is 20.9. The molecule has 0 bridgehead atoms. The molecule has 0 saturated heterocycles. The van der Waals surface area contributed by atoms with Crippen molar-refractivity contribution in [2.45, 2.75) is 66.3 Å². The number of methoxy groups -OCH3 is 1. The van der Waals surface area contributed by atoms with E-state index in [0.29, 0.717) is 5.92 Å². The van der Waals surface area contributed by atoms with Gasteiger partial charge in [-0.25, -0.2) is 0 Å². The molecular formula is C25H45N3O3. The van der Waals surface area contributed by atoms with Crippen molar-refractivity contribution in [2.75, 3.05) is 32.7 Å². The summed E-state index contributed by atoms with van der Waals surface area (Å²) in [6.45, 7) is 10.8. The highest BCUT2D eigenvalue weighted by Crippen LogP contribution is 2.36. The number of fused-ring (bicyclic) bond motifs is 1. The van der Waals surface area contributed by atoms with E-state index in [0.717, 1.165) is 43.2 Å². The van der Waals surface area contributed by atoms with Crippen LogP contribution in [0.4, 0.5) is 5.69 Å². The number of nitrogens with two attached hydrogens (primary N) is 1. The van der Waals surface area contributed by atoms with E-state index in [1.165, 1.54) is 31.0 Å². The third-order valence-electron chi connectivity index (χ3n) is 4.58. The molecule has 1 aromatic rings. The fourth-order valence-corrected chi connectivity index (χ4v) is 3.29. The number of hydrogen-bond donors (Lipinski definition) is 2. The minimum atomic E-state index is 0.186. The number of rotatable bonds is 7. The van der Waals surface area contributed by atoms with Crippen LogP contribution in [0.25, 0.3) is 0 Å². The lowest BCUT2D eigenvalue weighted by atomic mass is 9.87. The van der Waals surface area contributed by atoms with E-state index in [2.05, 4.69) is 35.8 Å². The van der Waals surface area contributed by atoms with Crippen LogP contribution in [0.5, 0.6) is 0 Å². The maximum absolute atomic E-state index is 11.1. The van der Waals surface area contributed by atoms with Crippen LogP contribution in [-0.2, 0) is 9.53 Å². The molecule has 1 unspecified atom stereocenters. The van der Waals surface area contributed by atoms with Crippen LogP contribution in [0.15, 0.2) is 30.1 Å². The largest absolute Gasteiger partial charge is 0.401 e. The molecule has 0 fully saturated rings. The van der Waals surface area contributed by atoms with Crippen molar-refractivity contribution in [1.82, 2.24) is 5.32 Å². The van der Waals surface area contributed by atoms with Crippen molar-refractivity contribution < 1.29 is 14.3 Å². The molecule has 2 atom stereocenters. The molecule has 6 nitrogen and oxygen atoms in total. The number of anilines is 1. The summed E-state index contributed by atoms with van der Waals surface area (Å²) in [5.41, 5.74) is 10.1. The number of carbonyl (C=O) groups excluding carboxylic acids is 2. The number of nitrogens with one attached hydrogen (secondary N) is 1. The third kappa shape index (κ3) is 12.2. The average molecular weight is 436 g/mol. The van der Waals surface area contributed by atoms with Gasteiger partial charge in [0.2, 0.25) is 0 Å². The SMILES string of the molecule is CC.CC=O.CCCCC/C(N)=C/NC1c2cc(C=O)ccc2N(C)C[C@H]1C.COC. The highest BCUT2D eigenvalue weighted by Gasteiger charge is 2.28. The number of benzene rings is 1. The lowest BCUT2D eigenvalue weighted by molar-refractivity contribution is -0.106. The van der Waals surface area contributed by atoms with Gasteiger partial charge < -0.3 is 25.5 Å². The van der Waals surface area contributed by atoms with Gasteiger partial charge in [-0.2, -0.15) is 0 Å². The Morgan fingerprint density at radius 3 is 2.35 bits per heavy atom. The number of carbonyl (C=O) groups is 2. The van der Waals surface area contributed by atoms with Gasteiger partial charge in [0.1, 0.15) is 12.6 Å². The Morgan fingerprint density at radius 2 is 1.84 bits per heavy atom. The van der Waals surface area contributed by atoms with Crippen molar-refractivity contribution in [3.05, 3.63) is 41.2 Å². The van der Waals surface area contributed by atoms with E-state index in [1.54, 1.807) is 14.2 Å². The minimum Gasteiger partial charge on any atom is -0.401 e. The Hall–Kier alpha value is -2.34. The summed E-state index contributed by atoms with van der Waals surface area (Å²) in [4.78, 5) is 22.2. The Morgan fingerprint density at radius 1 is 1.26 bits per heavy atom. The first kappa shape index (κ1) is 30.9. The quantitative estimate of drug-likeness (QED) is 0.458. The van der Waals surface area contributed by atoms with Crippen LogP contribution in [0.1, 0.15) is 82.3 Å². The molecule has 31 heavy (non-hydrogen) atoms. The molecule has 1 heterocycles. The molecule has 2 rings (SSSR count). The molecule has 0 saturated carbocycles. The number of ether oxygens (including phenoxy) is 1. The first-order valence-corrected chi connectivity index (χ1v) is 11.2. The lowest BCUT2D eigenvalue weighted by Crippen LogP contribution is -2.38. The first-order chi connectivity index (χ1) is 14.9. The molecule has 178 valence electrons. The monoisotopic (exact) mass is 435 g/mol. The molecule has 6 heteroatoms. The van der Waals surface area contributed by atoms with Crippen molar-refractivity contribution in [1.29, 1.82) is 0 Å². The molecule has 0 aromatic heterocycles. The lowest BCUT2D eigenvalue weighted by Gasteiger charge is -2.38. The summed E-state index contributed by atoms with van der Waals surface area (Å²) < 4.78 is 4.25. The summed E-state index contributed by atoms with van der Waals surface area (Å²) in [6, 6.07) is 6.09. The fourth-order valence-electron chi connectivity index (χ4n) is 3.29. The van der Waals surface area contributed by atoms with Crippen LogP contribution in [0.2, 0.25) is 0 Å². The summed E-state index contributed by atoms with van der Waals surface area (Å²) in [5.74, 6) is 0.439. The molecule has 0 spiro atoms. The van der Waals surface area contributed by atoms with Gasteiger partial charge in [-0.05, 0) is 49.4 Å². The fraction of sp³-hybridized carbons (Fsp3) is 0.600. The zero-order chi connectivity index (χ0) is 24.2. The van der Waals surface area contributed by atoms with Crippen LogP contribution in [-0.4, -0.2) is 40.4 Å². The highest BCUT2D eigenvalue weighted by molar-refractivity contribution is 5.77. The smallest absolute Gasteiger partial charge is 0.150 e. The van der Waals surface area contributed by atoms with Gasteiger partial charge in [0, 0.05) is 51.0 Å². The van der Waals surface area contributed by atoms with E-state index >= 15 is 0 Å². The molecule has 0 aliphatic carbocycles. The van der Waals surface area contributed by atoms with Crippen LogP contribution in [0.3, 0.4) is 0 Å². The molecule has 1 aliphatic heterocycles. The van der Waals surface area contributed by atoms with E-state index in [9.17, 15) is 4.79 Å². The second-order valence-electron chi connectivity index (χ2n) is 7.26. The van der Waals surface area contributed by atoms with Gasteiger partial charge in [0.15, 0.2) is 0 Å². The number of nitrogens with zero attached hydrogens (tertiary/aromatic N) is 1. The average Bonchev–Trinajstić information content (AvgIpc) is 2.76. The van der Waals surface area contributed by atoms with Gasteiger partial charge in [-0.15, -0.1) is 0 Å². The predicted octanol–water partition coefficient (Wildman–Crippen LogP) is 5.09. The van der Waals surface area contributed by atoms with Crippen LogP contribution >= 0.6 is 0 Å². The molecule has 1 aromatic carbocycles.